The van der Waals surface area contributed by atoms with Gasteiger partial charge in [-0.05, 0) is 49.7 Å². The maximum atomic E-state index is 11.6. The number of benzene rings is 2. The minimum absolute atomic E-state index is 0.169. The van der Waals surface area contributed by atoms with Crippen LogP contribution in [0.15, 0.2) is 53.6 Å². The number of anilines is 1. The summed E-state index contributed by atoms with van der Waals surface area (Å²) in [7, 11) is 1.54. The maximum Gasteiger partial charge on any atom is 0.344 e. The molecule has 0 bridgehead atoms. The van der Waals surface area contributed by atoms with Gasteiger partial charge < -0.3 is 14.2 Å². The zero-order chi connectivity index (χ0) is 18.1. The van der Waals surface area contributed by atoms with Crippen molar-refractivity contribution in [3.63, 3.8) is 0 Å². The summed E-state index contributed by atoms with van der Waals surface area (Å²) in [6, 6.07) is 15.0. The molecule has 0 fully saturated rings. The summed E-state index contributed by atoms with van der Waals surface area (Å²) in [4.78, 5) is 11.6. The molecular weight excluding hydrogens is 320 g/mol. The Labute approximate surface area is 147 Å². The van der Waals surface area contributed by atoms with Crippen LogP contribution in [-0.4, -0.2) is 32.0 Å². The van der Waals surface area contributed by atoms with E-state index in [1.54, 1.807) is 32.2 Å². The molecule has 6 nitrogen and oxygen atoms in total. The number of methoxy groups -OCH3 is 1. The van der Waals surface area contributed by atoms with Gasteiger partial charge in [-0.25, -0.2) is 4.79 Å². The van der Waals surface area contributed by atoms with Crippen LogP contribution < -0.4 is 14.9 Å². The molecule has 0 unspecified atom stereocenters. The molecule has 2 aromatic carbocycles. The maximum absolute atomic E-state index is 11.6. The van der Waals surface area contributed by atoms with Crippen LogP contribution in [0.4, 0.5) is 5.69 Å². The lowest BCUT2D eigenvalue weighted by Gasteiger charge is -2.12. The highest BCUT2D eigenvalue weighted by Crippen LogP contribution is 2.27. The normalized spacial score (nSPS) is 10.7. The molecule has 2 rings (SSSR count). The van der Waals surface area contributed by atoms with Crippen molar-refractivity contribution < 1.29 is 19.0 Å². The summed E-state index contributed by atoms with van der Waals surface area (Å²) in [5.41, 5.74) is 4.67. The second-order valence-corrected chi connectivity index (χ2v) is 5.47. The second kappa shape index (κ2) is 9.32. The summed E-state index contributed by atoms with van der Waals surface area (Å²) in [6.07, 6.45) is 1.50. The smallest absolute Gasteiger partial charge is 0.344 e. The Morgan fingerprint density at radius 2 is 1.92 bits per heavy atom. The van der Waals surface area contributed by atoms with Crippen molar-refractivity contribution in [3.05, 3.63) is 54.1 Å². The van der Waals surface area contributed by atoms with Crippen molar-refractivity contribution in [2.45, 2.75) is 20.0 Å². The first-order valence-corrected chi connectivity index (χ1v) is 7.93. The largest absolute Gasteiger partial charge is 0.493 e. The number of hydrazone groups is 1. The van der Waals surface area contributed by atoms with Gasteiger partial charge in [-0.15, -0.1) is 0 Å². The van der Waals surface area contributed by atoms with Crippen LogP contribution in [0.2, 0.25) is 0 Å². The van der Waals surface area contributed by atoms with E-state index < -0.39 is 5.97 Å². The molecular formula is C19H22N2O4. The molecule has 0 aliphatic carbocycles. The van der Waals surface area contributed by atoms with Crippen molar-refractivity contribution in [1.82, 2.24) is 0 Å². The molecule has 0 saturated carbocycles. The highest BCUT2D eigenvalue weighted by Gasteiger charge is 2.10. The van der Waals surface area contributed by atoms with Crippen molar-refractivity contribution in [2.75, 3.05) is 19.1 Å². The molecule has 0 saturated heterocycles. The molecule has 0 spiro atoms. The number of esters is 1. The fraction of sp³-hybridized carbons (Fsp3) is 0.263. The van der Waals surface area contributed by atoms with Gasteiger partial charge in [0.15, 0.2) is 18.1 Å². The number of nitrogens with zero attached hydrogens (tertiary/aromatic N) is 1. The lowest BCUT2D eigenvalue weighted by Crippen LogP contribution is -2.18. The highest BCUT2D eigenvalue weighted by molar-refractivity contribution is 5.81. The molecule has 132 valence electrons. The number of nitrogens with one attached hydrogen (secondary N) is 1. The molecule has 0 aromatic heterocycles. The quantitative estimate of drug-likeness (QED) is 0.452. The Kier molecular flexibility index (Phi) is 6.83. The number of carbonyl (C=O) groups is 1. The predicted molar refractivity (Wildman–Crippen MR) is 97.4 cm³/mol. The van der Waals surface area contributed by atoms with Crippen LogP contribution in [0.3, 0.4) is 0 Å². The molecule has 0 atom stereocenters. The van der Waals surface area contributed by atoms with E-state index in [0.29, 0.717) is 11.5 Å². The third kappa shape index (κ3) is 6.18. The first kappa shape index (κ1) is 18.3. The summed E-state index contributed by atoms with van der Waals surface area (Å²) in [6.45, 7) is 3.41. The summed E-state index contributed by atoms with van der Waals surface area (Å²) in [5.74, 6) is 0.562. The predicted octanol–water partition coefficient (Wildman–Crippen LogP) is 3.47. The first-order chi connectivity index (χ1) is 12.1. The Hall–Kier alpha value is -3.02. The van der Waals surface area contributed by atoms with Crippen LogP contribution >= 0.6 is 0 Å². The van der Waals surface area contributed by atoms with E-state index in [9.17, 15) is 4.79 Å². The van der Waals surface area contributed by atoms with Crippen LogP contribution in [0.25, 0.3) is 0 Å². The molecule has 0 amide bonds. The van der Waals surface area contributed by atoms with Crippen molar-refractivity contribution in [3.8, 4) is 11.5 Å². The van der Waals surface area contributed by atoms with Gasteiger partial charge in [-0.3, -0.25) is 5.43 Å². The monoisotopic (exact) mass is 342 g/mol. The average Bonchev–Trinajstić information content (AvgIpc) is 2.60. The first-order valence-electron chi connectivity index (χ1n) is 7.93. The van der Waals surface area contributed by atoms with Gasteiger partial charge >= 0.3 is 5.97 Å². The Bertz CT molecular complexity index is 715. The van der Waals surface area contributed by atoms with E-state index in [2.05, 4.69) is 10.5 Å². The van der Waals surface area contributed by atoms with Crippen molar-refractivity contribution in [1.29, 1.82) is 0 Å². The Morgan fingerprint density at radius 3 is 2.60 bits per heavy atom. The molecule has 0 aliphatic heterocycles. The van der Waals surface area contributed by atoms with Crippen LogP contribution in [-0.2, 0) is 9.53 Å². The van der Waals surface area contributed by atoms with Crippen molar-refractivity contribution >= 4 is 17.9 Å². The van der Waals surface area contributed by atoms with E-state index in [-0.39, 0.29) is 12.7 Å². The molecule has 25 heavy (non-hydrogen) atoms. The lowest BCUT2D eigenvalue weighted by molar-refractivity contribution is -0.149. The van der Waals surface area contributed by atoms with Crippen LogP contribution in [0.5, 0.6) is 11.5 Å². The topological polar surface area (TPSA) is 69.1 Å². The zero-order valence-electron chi connectivity index (χ0n) is 14.6. The molecule has 2 aromatic rings. The van der Waals surface area contributed by atoms with Gasteiger partial charge in [0.05, 0.1) is 25.1 Å². The molecule has 0 radical (unpaired) electrons. The minimum atomic E-state index is -0.422. The van der Waals surface area contributed by atoms with Crippen LogP contribution in [0.1, 0.15) is 19.4 Å². The molecule has 0 aliphatic rings. The van der Waals surface area contributed by atoms with Gasteiger partial charge in [0.1, 0.15) is 0 Å². The van der Waals surface area contributed by atoms with E-state index in [0.717, 1.165) is 11.3 Å². The SMILES string of the molecule is COc1cc(C=NNc2ccccc2)ccc1OCC(=O)OC(C)C. The number of rotatable bonds is 8. The third-order valence-electron chi connectivity index (χ3n) is 3.08. The zero-order valence-corrected chi connectivity index (χ0v) is 14.6. The third-order valence-corrected chi connectivity index (χ3v) is 3.08. The van der Waals surface area contributed by atoms with Gasteiger partial charge in [-0.1, -0.05) is 18.2 Å². The number of carbonyl (C=O) groups excluding carboxylic acids is 1. The van der Waals surface area contributed by atoms with E-state index >= 15 is 0 Å². The molecule has 6 heteroatoms. The lowest BCUT2D eigenvalue weighted by atomic mass is 10.2. The molecule has 0 heterocycles. The van der Waals surface area contributed by atoms with E-state index in [4.69, 9.17) is 14.2 Å². The van der Waals surface area contributed by atoms with Gasteiger partial charge in [-0.2, -0.15) is 5.10 Å². The standard InChI is InChI=1S/C19H22N2O4/c1-14(2)25-19(22)13-24-17-10-9-15(11-18(17)23-3)12-20-21-16-7-5-4-6-8-16/h4-12,14,21H,13H2,1-3H3. The van der Waals surface area contributed by atoms with Crippen LogP contribution in [0, 0.1) is 0 Å². The van der Waals surface area contributed by atoms with E-state index in [1.807, 2.05) is 36.4 Å². The highest BCUT2D eigenvalue weighted by atomic mass is 16.6. The van der Waals surface area contributed by atoms with Gasteiger partial charge in [0.25, 0.3) is 0 Å². The number of para-hydroxylation sites is 1. The number of hydrogen-bond acceptors (Lipinski definition) is 6. The average molecular weight is 342 g/mol. The van der Waals surface area contributed by atoms with Crippen molar-refractivity contribution in [2.24, 2.45) is 5.10 Å². The second-order valence-electron chi connectivity index (χ2n) is 5.47. The fourth-order valence-electron chi connectivity index (χ4n) is 2.01. The summed E-state index contributed by atoms with van der Waals surface area (Å²) >= 11 is 0. The van der Waals surface area contributed by atoms with Gasteiger partial charge in [0.2, 0.25) is 0 Å². The number of ether oxygens (including phenoxy) is 3. The number of hydrogen-bond donors (Lipinski definition) is 1. The minimum Gasteiger partial charge on any atom is -0.493 e. The summed E-state index contributed by atoms with van der Waals surface area (Å²) < 4.78 is 15.8. The fourth-order valence-corrected chi connectivity index (χ4v) is 2.01. The van der Waals surface area contributed by atoms with E-state index in [1.165, 1.54) is 7.11 Å². The molecule has 1 N–H and O–H groups in total. The Balaban J connectivity index is 1.97. The summed E-state index contributed by atoms with van der Waals surface area (Å²) in [5, 5.41) is 4.18. The Morgan fingerprint density at radius 1 is 1.16 bits per heavy atom. The van der Waals surface area contributed by atoms with Gasteiger partial charge in [0, 0.05) is 0 Å².